The molecule has 1 aliphatic carbocycles. The Morgan fingerprint density at radius 2 is 2.04 bits per heavy atom. The number of carbonyl (C=O) groups excluding carboxylic acids is 1. The number of nitrogens with zero attached hydrogens (tertiary/aromatic N) is 1. The molecule has 4 nitrogen and oxygen atoms in total. The molecule has 2 fully saturated rings. The summed E-state index contributed by atoms with van der Waals surface area (Å²) in [7, 11) is 0. The predicted octanol–water partition coefficient (Wildman–Crippen LogP) is 2.89. The second kappa shape index (κ2) is 5.99. The van der Waals surface area contributed by atoms with Crippen molar-refractivity contribution >= 4 is 11.9 Å². The minimum atomic E-state index is -0.721. The zero-order valence-electron chi connectivity index (χ0n) is 13.9. The lowest BCUT2D eigenvalue weighted by molar-refractivity contribution is -0.149. The van der Waals surface area contributed by atoms with Gasteiger partial charge < -0.3 is 10.0 Å². The first-order chi connectivity index (χ1) is 10.9. The number of carboxylic acid groups (broad SMARTS) is 1. The van der Waals surface area contributed by atoms with Gasteiger partial charge >= 0.3 is 5.97 Å². The molecule has 4 heteroatoms. The topological polar surface area (TPSA) is 57.6 Å². The van der Waals surface area contributed by atoms with E-state index in [9.17, 15) is 14.7 Å². The van der Waals surface area contributed by atoms with Crippen LogP contribution in [0.2, 0.25) is 0 Å². The molecule has 3 rings (SSSR count). The number of carbonyl (C=O) groups is 2. The van der Waals surface area contributed by atoms with Crippen LogP contribution in [0.15, 0.2) is 24.3 Å². The summed E-state index contributed by atoms with van der Waals surface area (Å²) in [6.45, 7) is 5.00. The lowest BCUT2D eigenvalue weighted by atomic mass is 9.81. The van der Waals surface area contributed by atoms with Gasteiger partial charge in [-0.3, -0.25) is 9.59 Å². The van der Waals surface area contributed by atoms with Gasteiger partial charge in [0.05, 0.1) is 5.41 Å². The molecule has 0 spiro atoms. The van der Waals surface area contributed by atoms with E-state index in [1.165, 1.54) is 5.56 Å². The maximum atomic E-state index is 12.7. The summed E-state index contributed by atoms with van der Waals surface area (Å²) in [5.41, 5.74) is 1.69. The second-order valence-corrected chi connectivity index (χ2v) is 7.36. The Bertz CT molecular complexity index is 610. The summed E-state index contributed by atoms with van der Waals surface area (Å²) in [5, 5.41) is 9.64. The molecule has 1 saturated heterocycles. The maximum Gasteiger partial charge on any atom is 0.311 e. The average molecular weight is 315 g/mol. The molecule has 2 aliphatic rings. The zero-order chi connectivity index (χ0) is 16.6. The monoisotopic (exact) mass is 315 g/mol. The number of likely N-dealkylation sites (tertiary alicyclic amines) is 1. The number of aryl methyl sites for hydroxylation is 1. The smallest absolute Gasteiger partial charge is 0.311 e. The Labute approximate surface area is 137 Å². The number of carboxylic acids is 1. The van der Waals surface area contributed by atoms with Crippen LogP contribution >= 0.6 is 0 Å². The zero-order valence-corrected chi connectivity index (χ0v) is 13.9. The molecule has 1 N–H and O–H groups in total. The molecule has 0 bridgehead atoms. The lowest BCUT2D eigenvalue weighted by Crippen LogP contribution is -2.39. The van der Waals surface area contributed by atoms with E-state index < -0.39 is 11.4 Å². The van der Waals surface area contributed by atoms with Crippen molar-refractivity contribution in [3.05, 3.63) is 35.4 Å². The number of rotatable bonds is 4. The third-order valence-corrected chi connectivity index (χ3v) is 5.69. The summed E-state index contributed by atoms with van der Waals surface area (Å²) in [6, 6.07) is 8.26. The van der Waals surface area contributed by atoms with Crippen molar-refractivity contribution in [3.8, 4) is 0 Å². The van der Waals surface area contributed by atoms with E-state index in [-0.39, 0.29) is 17.7 Å². The molecular weight excluding hydrogens is 290 g/mol. The summed E-state index contributed by atoms with van der Waals surface area (Å²) in [6.07, 6.45) is 3.32. The number of hydrogen-bond donors (Lipinski definition) is 1. The third kappa shape index (κ3) is 2.87. The second-order valence-electron chi connectivity index (χ2n) is 7.36. The van der Waals surface area contributed by atoms with Crippen molar-refractivity contribution in [3.63, 3.8) is 0 Å². The normalized spacial score (nSPS) is 27.7. The number of hydrogen-bond acceptors (Lipinski definition) is 2. The number of amides is 1. The molecule has 1 aromatic rings. The van der Waals surface area contributed by atoms with Crippen LogP contribution in [0, 0.1) is 24.2 Å². The molecule has 1 amide bonds. The quantitative estimate of drug-likeness (QED) is 0.929. The first-order valence-corrected chi connectivity index (χ1v) is 8.50. The fourth-order valence-electron chi connectivity index (χ4n) is 4.28. The fraction of sp³-hybridized carbons (Fsp3) is 0.579. The van der Waals surface area contributed by atoms with Crippen LogP contribution in [0.3, 0.4) is 0 Å². The van der Waals surface area contributed by atoms with Gasteiger partial charge in [-0.1, -0.05) is 43.2 Å². The Morgan fingerprint density at radius 3 is 2.65 bits per heavy atom. The van der Waals surface area contributed by atoms with Crippen molar-refractivity contribution in [2.45, 2.75) is 39.5 Å². The van der Waals surface area contributed by atoms with Gasteiger partial charge in [0.1, 0.15) is 0 Å². The van der Waals surface area contributed by atoms with Crippen molar-refractivity contribution < 1.29 is 14.7 Å². The minimum absolute atomic E-state index is 0.0978. The van der Waals surface area contributed by atoms with Crippen LogP contribution in [0.5, 0.6) is 0 Å². The van der Waals surface area contributed by atoms with Crippen LogP contribution in [-0.4, -0.2) is 35.0 Å². The number of aliphatic carboxylic acids is 1. The summed E-state index contributed by atoms with van der Waals surface area (Å²) in [4.78, 5) is 26.3. The maximum absolute atomic E-state index is 12.7. The molecular formula is C19H25NO3. The average Bonchev–Trinajstić information content (AvgIpc) is 3.06. The van der Waals surface area contributed by atoms with Gasteiger partial charge in [0.2, 0.25) is 5.91 Å². The number of benzene rings is 1. The molecule has 124 valence electrons. The van der Waals surface area contributed by atoms with Crippen molar-refractivity contribution in [2.24, 2.45) is 17.3 Å². The van der Waals surface area contributed by atoms with Crippen LogP contribution in [0.25, 0.3) is 0 Å². The molecule has 0 aromatic heterocycles. The highest BCUT2D eigenvalue weighted by Crippen LogP contribution is 2.49. The van der Waals surface area contributed by atoms with Crippen LogP contribution in [-0.2, 0) is 16.0 Å². The van der Waals surface area contributed by atoms with Gasteiger partial charge in [-0.15, -0.1) is 0 Å². The first-order valence-electron chi connectivity index (χ1n) is 8.50. The van der Waals surface area contributed by atoms with Gasteiger partial charge in [0, 0.05) is 19.0 Å². The Morgan fingerprint density at radius 1 is 1.35 bits per heavy atom. The predicted molar refractivity (Wildman–Crippen MR) is 88.0 cm³/mol. The molecule has 0 radical (unpaired) electrons. The van der Waals surface area contributed by atoms with E-state index in [1.807, 2.05) is 13.8 Å². The molecule has 1 aliphatic heterocycles. The van der Waals surface area contributed by atoms with Gasteiger partial charge in [0.15, 0.2) is 0 Å². The van der Waals surface area contributed by atoms with Crippen LogP contribution in [0.4, 0.5) is 0 Å². The molecule has 23 heavy (non-hydrogen) atoms. The third-order valence-electron chi connectivity index (χ3n) is 5.69. The largest absolute Gasteiger partial charge is 0.481 e. The van der Waals surface area contributed by atoms with E-state index in [0.717, 1.165) is 18.4 Å². The van der Waals surface area contributed by atoms with E-state index in [1.54, 1.807) is 4.90 Å². The van der Waals surface area contributed by atoms with Gasteiger partial charge in [-0.05, 0) is 37.7 Å². The molecule has 1 unspecified atom stereocenters. The molecule has 1 aromatic carbocycles. The Balaban J connectivity index is 1.67. The Hall–Kier alpha value is -1.84. The SMILES string of the molecule is Cc1ccc(CC(C)C(=O)N2C[C@@H]3CCC[C@@]3(C(=O)O)C2)cc1. The van der Waals surface area contributed by atoms with Gasteiger partial charge in [-0.25, -0.2) is 0 Å². The molecule has 1 heterocycles. The highest BCUT2D eigenvalue weighted by Gasteiger charge is 2.55. The standard InChI is InChI=1S/C19H25NO3/c1-13-5-7-15(8-6-13)10-14(2)17(21)20-11-16-4-3-9-19(16,12-20)18(22)23/h5-8,14,16H,3-4,9-12H2,1-2H3,(H,22,23)/t14?,16-,19+/m0/s1. The lowest BCUT2D eigenvalue weighted by Gasteiger charge is -2.25. The van der Waals surface area contributed by atoms with Crippen molar-refractivity contribution in [2.75, 3.05) is 13.1 Å². The van der Waals surface area contributed by atoms with E-state index in [2.05, 4.69) is 24.3 Å². The molecule has 3 atom stereocenters. The van der Waals surface area contributed by atoms with Gasteiger partial charge in [-0.2, -0.15) is 0 Å². The number of fused-ring (bicyclic) bond motifs is 1. The highest BCUT2D eigenvalue weighted by molar-refractivity contribution is 5.82. The van der Waals surface area contributed by atoms with E-state index >= 15 is 0 Å². The summed E-state index contributed by atoms with van der Waals surface area (Å²) in [5.74, 6) is -0.597. The van der Waals surface area contributed by atoms with Crippen LogP contribution < -0.4 is 0 Å². The summed E-state index contributed by atoms with van der Waals surface area (Å²) < 4.78 is 0. The van der Waals surface area contributed by atoms with Crippen molar-refractivity contribution in [1.82, 2.24) is 4.90 Å². The fourth-order valence-corrected chi connectivity index (χ4v) is 4.28. The first kappa shape index (κ1) is 16.0. The highest BCUT2D eigenvalue weighted by atomic mass is 16.4. The van der Waals surface area contributed by atoms with E-state index in [0.29, 0.717) is 25.9 Å². The summed E-state index contributed by atoms with van der Waals surface area (Å²) >= 11 is 0. The minimum Gasteiger partial charge on any atom is -0.481 e. The Kier molecular flexibility index (Phi) is 4.17. The molecule has 1 saturated carbocycles. The van der Waals surface area contributed by atoms with Crippen molar-refractivity contribution in [1.29, 1.82) is 0 Å². The van der Waals surface area contributed by atoms with Crippen LogP contribution in [0.1, 0.15) is 37.3 Å². The van der Waals surface area contributed by atoms with Gasteiger partial charge in [0.25, 0.3) is 0 Å². The van der Waals surface area contributed by atoms with E-state index in [4.69, 9.17) is 0 Å².